The number of nitrogens with two attached hydrogens (primary N) is 1. The quantitative estimate of drug-likeness (QED) is 0.531. The lowest BCUT2D eigenvalue weighted by atomic mass is 10.1. The van der Waals surface area contributed by atoms with Crippen LogP contribution in [-0.2, 0) is 16.6 Å². The zero-order valence-electron chi connectivity index (χ0n) is 15.9. The van der Waals surface area contributed by atoms with E-state index >= 15 is 0 Å². The fraction of sp³-hybridized carbons (Fsp3) is 0.300. The molecule has 0 aliphatic carbocycles. The molecule has 3 N–H and O–H groups in total. The van der Waals surface area contributed by atoms with Crippen LogP contribution in [0.1, 0.15) is 13.3 Å². The van der Waals surface area contributed by atoms with E-state index in [1.807, 2.05) is 37.3 Å². The lowest BCUT2D eigenvalue weighted by Gasteiger charge is -2.12. The second-order valence-electron chi connectivity index (χ2n) is 6.43. The van der Waals surface area contributed by atoms with Crippen molar-refractivity contribution in [2.45, 2.75) is 19.9 Å². The van der Waals surface area contributed by atoms with Crippen molar-refractivity contribution >= 4 is 43.9 Å². The van der Waals surface area contributed by atoms with Crippen LogP contribution in [0.15, 0.2) is 42.5 Å². The number of sulfonamides is 1. The number of fused-ring (bicyclic) bond motifs is 1. The van der Waals surface area contributed by atoms with Crippen LogP contribution in [-0.4, -0.2) is 31.7 Å². The Balaban J connectivity index is 2.07. The number of nitrogens with one attached hydrogen (secondary N) is 1. The molecule has 0 radical (unpaired) electrons. The van der Waals surface area contributed by atoms with E-state index in [1.54, 1.807) is 19.2 Å². The van der Waals surface area contributed by atoms with Crippen LogP contribution in [0.3, 0.4) is 0 Å². The number of aromatic nitrogens is 1. The molecule has 0 saturated carbocycles. The van der Waals surface area contributed by atoms with Gasteiger partial charge in [-0.2, -0.15) is 0 Å². The number of anilines is 2. The Morgan fingerprint density at radius 3 is 2.68 bits per heavy atom. The SMILES string of the molecule is CCn1c(-c2cccc(NS(=O)(=O)CCCCl)c2)c(N)c2ccc(OC)cc21. The van der Waals surface area contributed by atoms with Crippen LogP contribution in [0.5, 0.6) is 5.75 Å². The first-order chi connectivity index (χ1) is 13.4. The molecule has 0 bridgehead atoms. The van der Waals surface area contributed by atoms with Crippen LogP contribution in [0.2, 0.25) is 0 Å². The van der Waals surface area contributed by atoms with Crippen molar-refractivity contribution in [3.05, 3.63) is 42.5 Å². The van der Waals surface area contributed by atoms with Crippen LogP contribution in [0.25, 0.3) is 22.2 Å². The van der Waals surface area contributed by atoms with Crippen LogP contribution >= 0.6 is 11.6 Å². The molecule has 1 aromatic heterocycles. The number of aryl methyl sites for hydroxylation is 1. The number of hydrogen-bond acceptors (Lipinski definition) is 4. The highest BCUT2D eigenvalue weighted by atomic mass is 35.5. The first-order valence-electron chi connectivity index (χ1n) is 9.02. The molecule has 0 fully saturated rings. The second-order valence-corrected chi connectivity index (χ2v) is 8.65. The summed E-state index contributed by atoms with van der Waals surface area (Å²) in [6, 6.07) is 13.0. The van der Waals surface area contributed by atoms with Gasteiger partial charge in [-0.05, 0) is 37.6 Å². The van der Waals surface area contributed by atoms with Gasteiger partial charge in [0.2, 0.25) is 10.0 Å². The summed E-state index contributed by atoms with van der Waals surface area (Å²) in [4.78, 5) is 0. The Hall–Kier alpha value is -2.38. The highest BCUT2D eigenvalue weighted by Gasteiger charge is 2.17. The van der Waals surface area contributed by atoms with Crippen molar-refractivity contribution in [1.82, 2.24) is 4.57 Å². The summed E-state index contributed by atoms with van der Waals surface area (Å²) in [7, 11) is -1.81. The lowest BCUT2D eigenvalue weighted by Crippen LogP contribution is -2.17. The molecule has 2 aromatic carbocycles. The fourth-order valence-electron chi connectivity index (χ4n) is 3.33. The molecule has 6 nitrogen and oxygen atoms in total. The normalized spacial score (nSPS) is 11.7. The fourth-order valence-corrected chi connectivity index (χ4v) is 4.73. The Kier molecular flexibility index (Phi) is 6.05. The molecule has 0 saturated heterocycles. The van der Waals surface area contributed by atoms with Crippen molar-refractivity contribution in [3.63, 3.8) is 0 Å². The molecule has 1 heterocycles. The predicted octanol–water partition coefficient (Wildman–Crippen LogP) is 4.29. The molecule has 3 rings (SSSR count). The smallest absolute Gasteiger partial charge is 0.232 e. The predicted molar refractivity (Wildman–Crippen MR) is 117 cm³/mol. The first-order valence-corrected chi connectivity index (χ1v) is 11.2. The largest absolute Gasteiger partial charge is 0.497 e. The number of rotatable bonds is 8. The number of benzene rings is 2. The number of methoxy groups -OCH3 is 1. The summed E-state index contributed by atoms with van der Waals surface area (Å²) in [5.41, 5.74) is 10.3. The van der Waals surface area contributed by atoms with Gasteiger partial charge in [0.15, 0.2) is 0 Å². The molecule has 0 unspecified atom stereocenters. The van der Waals surface area contributed by atoms with E-state index in [1.165, 1.54) is 0 Å². The van der Waals surface area contributed by atoms with Crippen molar-refractivity contribution < 1.29 is 13.2 Å². The summed E-state index contributed by atoms with van der Waals surface area (Å²) < 4.78 is 34.5. The lowest BCUT2D eigenvalue weighted by molar-refractivity contribution is 0.415. The number of ether oxygens (including phenoxy) is 1. The van der Waals surface area contributed by atoms with Gasteiger partial charge in [0.1, 0.15) is 5.75 Å². The number of nitrogen functional groups attached to an aromatic ring is 1. The number of hydrogen-bond donors (Lipinski definition) is 2. The van der Waals surface area contributed by atoms with Crippen LogP contribution in [0.4, 0.5) is 11.4 Å². The average molecular weight is 422 g/mol. The van der Waals surface area contributed by atoms with E-state index in [0.29, 0.717) is 30.2 Å². The van der Waals surface area contributed by atoms with E-state index < -0.39 is 10.0 Å². The summed E-state index contributed by atoms with van der Waals surface area (Å²) in [5.74, 6) is 1.04. The maximum Gasteiger partial charge on any atom is 0.232 e. The molecule has 0 amide bonds. The standard InChI is InChI=1S/C20H24ClN3O3S/c1-3-24-18-13-16(27-2)8-9-17(18)19(22)20(24)14-6-4-7-15(12-14)23-28(25,26)11-5-10-21/h4,6-9,12-13,23H,3,5,10-11,22H2,1-2H3. The molecule has 8 heteroatoms. The van der Waals surface area contributed by atoms with Crippen molar-refractivity contribution in [1.29, 1.82) is 0 Å². The summed E-state index contributed by atoms with van der Waals surface area (Å²) in [5, 5.41) is 0.936. The third-order valence-corrected chi connectivity index (χ3v) is 6.22. The monoisotopic (exact) mass is 421 g/mol. The Morgan fingerprint density at radius 1 is 1.21 bits per heavy atom. The average Bonchev–Trinajstić information content (AvgIpc) is 2.97. The molecule has 28 heavy (non-hydrogen) atoms. The van der Waals surface area contributed by atoms with Crippen molar-refractivity contribution in [2.24, 2.45) is 0 Å². The minimum atomic E-state index is -3.44. The van der Waals surface area contributed by atoms with E-state index in [4.69, 9.17) is 22.1 Å². The molecule has 0 spiro atoms. The number of alkyl halides is 1. The van der Waals surface area contributed by atoms with Crippen molar-refractivity contribution in [2.75, 3.05) is 29.2 Å². The van der Waals surface area contributed by atoms with Crippen LogP contribution < -0.4 is 15.2 Å². The second kappa shape index (κ2) is 8.32. The minimum Gasteiger partial charge on any atom is -0.497 e. The maximum absolute atomic E-state index is 12.2. The highest BCUT2D eigenvalue weighted by Crippen LogP contribution is 2.38. The molecule has 0 aliphatic heterocycles. The van der Waals surface area contributed by atoms with Gasteiger partial charge >= 0.3 is 0 Å². The molecular formula is C20H24ClN3O3S. The first kappa shape index (κ1) is 20.4. The zero-order valence-corrected chi connectivity index (χ0v) is 17.5. The highest BCUT2D eigenvalue weighted by molar-refractivity contribution is 7.92. The third kappa shape index (κ3) is 4.05. The molecule has 3 aromatic rings. The summed E-state index contributed by atoms with van der Waals surface area (Å²) in [6.07, 6.45) is 0.398. The van der Waals surface area contributed by atoms with Gasteiger partial charge in [-0.15, -0.1) is 11.6 Å². The summed E-state index contributed by atoms with van der Waals surface area (Å²) in [6.45, 7) is 2.75. The third-order valence-electron chi connectivity index (χ3n) is 4.58. The van der Waals surface area contributed by atoms with E-state index in [0.717, 1.165) is 27.9 Å². The number of halogens is 1. The molecule has 0 atom stereocenters. The summed E-state index contributed by atoms with van der Waals surface area (Å²) >= 11 is 5.61. The van der Waals surface area contributed by atoms with Gasteiger partial charge in [0.05, 0.1) is 29.8 Å². The van der Waals surface area contributed by atoms with Gasteiger partial charge in [-0.1, -0.05) is 12.1 Å². The van der Waals surface area contributed by atoms with Gasteiger partial charge in [-0.3, -0.25) is 4.72 Å². The van der Waals surface area contributed by atoms with Gasteiger partial charge < -0.3 is 15.0 Å². The molecular weight excluding hydrogens is 398 g/mol. The topological polar surface area (TPSA) is 86.4 Å². The minimum absolute atomic E-state index is 0.0160. The molecule has 0 aliphatic rings. The van der Waals surface area contributed by atoms with Crippen LogP contribution in [0, 0.1) is 0 Å². The van der Waals surface area contributed by atoms with Crippen molar-refractivity contribution in [3.8, 4) is 17.0 Å². The Morgan fingerprint density at radius 2 is 2.00 bits per heavy atom. The van der Waals surface area contributed by atoms with E-state index in [9.17, 15) is 8.42 Å². The molecule has 150 valence electrons. The van der Waals surface area contributed by atoms with Gasteiger partial charge in [0, 0.05) is 35.1 Å². The Labute approximate surface area is 170 Å². The van der Waals surface area contributed by atoms with E-state index in [-0.39, 0.29) is 5.75 Å². The zero-order chi connectivity index (χ0) is 20.3. The maximum atomic E-state index is 12.2. The van der Waals surface area contributed by atoms with Gasteiger partial charge in [0.25, 0.3) is 0 Å². The van der Waals surface area contributed by atoms with Gasteiger partial charge in [-0.25, -0.2) is 8.42 Å². The van der Waals surface area contributed by atoms with E-state index in [2.05, 4.69) is 9.29 Å². The number of nitrogens with zero attached hydrogens (tertiary/aromatic N) is 1. The Bertz CT molecular complexity index is 1090.